The molecule has 1 aliphatic rings. The van der Waals surface area contributed by atoms with Crippen molar-refractivity contribution in [2.45, 2.75) is 45.3 Å². The van der Waals surface area contributed by atoms with Gasteiger partial charge in [0.25, 0.3) is 0 Å². The summed E-state index contributed by atoms with van der Waals surface area (Å²) in [5.41, 5.74) is 0.847. The quantitative estimate of drug-likeness (QED) is 0.891. The molecule has 4 heteroatoms. The van der Waals surface area contributed by atoms with Crippen LogP contribution in [0.25, 0.3) is 0 Å². The number of piperazine rings is 1. The van der Waals surface area contributed by atoms with Crippen LogP contribution < -0.4 is 5.32 Å². The predicted octanol–water partition coefficient (Wildman–Crippen LogP) is 3.01. The lowest BCUT2D eigenvalue weighted by Crippen LogP contribution is -2.55. The zero-order valence-corrected chi connectivity index (χ0v) is 12.5. The van der Waals surface area contributed by atoms with Crippen LogP contribution in [0.2, 0.25) is 5.02 Å². The maximum atomic E-state index is 9.98. The molecule has 1 fully saturated rings. The van der Waals surface area contributed by atoms with E-state index >= 15 is 0 Å². The summed E-state index contributed by atoms with van der Waals surface area (Å²) in [6.07, 6.45) is 2.23. The highest BCUT2D eigenvalue weighted by Gasteiger charge is 2.26. The summed E-state index contributed by atoms with van der Waals surface area (Å²) in [5.74, 6) is 0.300. The normalized spacial score (nSPS) is 24.6. The van der Waals surface area contributed by atoms with E-state index in [9.17, 15) is 5.11 Å². The van der Waals surface area contributed by atoms with Crippen molar-refractivity contribution < 1.29 is 5.11 Å². The van der Waals surface area contributed by atoms with E-state index in [-0.39, 0.29) is 0 Å². The molecule has 0 radical (unpaired) electrons. The highest BCUT2D eigenvalue weighted by molar-refractivity contribution is 6.31. The Hall–Kier alpha value is -0.770. The highest BCUT2D eigenvalue weighted by atomic mass is 35.5. The minimum atomic E-state index is 0.300. The number of rotatable bonds is 4. The first-order valence-corrected chi connectivity index (χ1v) is 7.47. The lowest BCUT2D eigenvalue weighted by atomic mass is 10.0. The van der Waals surface area contributed by atoms with E-state index in [0.717, 1.165) is 38.0 Å². The van der Waals surface area contributed by atoms with Crippen LogP contribution in [0, 0.1) is 0 Å². The summed E-state index contributed by atoms with van der Waals surface area (Å²) in [6, 6.07) is 6.38. The zero-order valence-electron chi connectivity index (χ0n) is 11.7. The number of nitrogens with one attached hydrogen (secondary N) is 1. The van der Waals surface area contributed by atoms with Crippen LogP contribution in [-0.2, 0) is 6.54 Å². The lowest BCUT2D eigenvalue weighted by Gasteiger charge is -2.40. The summed E-state index contributed by atoms with van der Waals surface area (Å²) in [4.78, 5) is 2.44. The van der Waals surface area contributed by atoms with Gasteiger partial charge >= 0.3 is 0 Å². The Kier molecular flexibility index (Phi) is 5.08. The fraction of sp³-hybridized carbons (Fsp3) is 0.600. The fourth-order valence-corrected chi connectivity index (χ4v) is 2.93. The van der Waals surface area contributed by atoms with Crippen LogP contribution in [0.15, 0.2) is 18.2 Å². The van der Waals surface area contributed by atoms with Crippen LogP contribution in [-0.4, -0.2) is 35.2 Å². The Bertz CT molecular complexity index is 404. The largest absolute Gasteiger partial charge is 0.508 e. The van der Waals surface area contributed by atoms with Gasteiger partial charge in [0.15, 0.2) is 0 Å². The van der Waals surface area contributed by atoms with Gasteiger partial charge in [-0.05, 0) is 25.0 Å². The Morgan fingerprint density at radius 1 is 1.37 bits per heavy atom. The molecule has 19 heavy (non-hydrogen) atoms. The molecule has 0 bridgehead atoms. The van der Waals surface area contributed by atoms with Gasteiger partial charge in [-0.3, -0.25) is 4.90 Å². The third-order valence-corrected chi connectivity index (χ3v) is 4.39. The molecule has 1 aliphatic heterocycles. The Balaban J connectivity index is 2.14. The van der Waals surface area contributed by atoms with Crippen molar-refractivity contribution in [3.8, 4) is 5.75 Å². The van der Waals surface area contributed by atoms with Gasteiger partial charge in [-0.15, -0.1) is 0 Å². The SMILES string of the molecule is CCC1CN(Cc2c(O)cccc2Cl)C(CC)CN1. The first-order valence-electron chi connectivity index (χ1n) is 7.09. The van der Waals surface area contributed by atoms with Crippen molar-refractivity contribution in [2.75, 3.05) is 13.1 Å². The van der Waals surface area contributed by atoms with Crippen molar-refractivity contribution >= 4 is 11.6 Å². The van der Waals surface area contributed by atoms with Crippen LogP contribution in [0.1, 0.15) is 32.3 Å². The molecular weight excluding hydrogens is 260 g/mol. The number of hydrogen-bond acceptors (Lipinski definition) is 3. The third-order valence-electron chi connectivity index (χ3n) is 4.03. The molecule has 2 atom stereocenters. The van der Waals surface area contributed by atoms with E-state index in [1.54, 1.807) is 12.1 Å². The van der Waals surface area contributed by atoms with Crippen molar-refractivity contribution in [3.05, 3.63) is 28.8 Å². The molecule has 2 unspecified atom stereocenters. The third kappa shape index (κ3) is 3.41. The second kappa shape index (κ2) is 6.60. The predicted molar refractivity (Wildman–Crippen MR) is 79.7 cm³/mol. The molecule has 0 saturated carbocycles. The summed E-state index contributed by atoms with van der Waals surface area (Å²) in [7, 11) is 0. The van der Waals surface area contributed by atoms with Gasteiger partial charge in [-0.25, -0.2) is 0 Å². The highest BCUT2D eigenvalue weighted by Crippen LogP contribution is 2.28. The fourth-order valence-electron chi connectivity index (χ4n) is 2.71. The molecule has 0 spiro atoms. The molecule has 2 rings (SSSR count). The van der Waals surface area contributed by atoms with E-state index in [1.807, 2.05) is 6.07 Å². The first-order chi connectivity index (χ1) is 9.15. The molecular formula is C15H23ClN2O. The number of benzene rings is 1. The maximum absolute atomic E-state index is 9.98. The van der Waals surface area contributed by atoms with Gasteiger partial charge in [-0.2, -0.15) is 0 Å². The van der Waals surface area contributed by atoms with Gasteiger partial charge in [-0.1, -0.05) is 31.5 Å². The summed E-state index contributed by atoms with van der Waals surface area (Å²) in [6.45, 7) is 7.16. The van der Waals surface area contributed by atoms with Gasteiger partial charge in [0.1, 0.15) is 5.75 Å². The Morgan fingerprint density at radius 2 is 2.16 bits per heavy atom. The monoisotopic (exact) mass is 282 g/mol. The summed E-state index contributed by atoms with van der Waals surface area (Å²) >= 11 is 6.21. The van der Waals surface area contributed by atoms with Crippen LogP contribution in [0.4, 0.5) is 0 Å². The van der Waals surface area contributed by atoms with Gasteiger partial charge < -0.3 is 10.4 Å². The first kappa shape index (κ1) is 14.6. The van der Waals surface area contributed by atoms with E-state index < -0.39 is 0 Å². The molecule has 1 heterocycles. The van der Waals surface area contributed by atoms with E-state index in [4.69, 9.17) is 11.6 Å². The molecule has 0 aliphatic carbocycles. The average molecular weight is 283 g/mol. The molecule has 1 aromatic carbocycles. The van der Waals surface area contributed by atoms with E-state index in [2.05, 4.69) is 24.1 Å². The van der Waals surface area contributed by atoms with Crippen molar-refractivity contribution in [1.29, 1.82) is 0 Å². The van der Waals surface area contributed by atoms with Gasteiger partial charge in [0.2, 0.25) is 0 Å². The second-order valence-electron chi connectivity index (χ2n) is 5.24. The number of hydrogen-bond donors (Lipinski definition) is 2. The maximum Gasteiger partial charge on any atom is 0.121 e. The number of nitrogens with zero attached hydrogens (tertiary/aromatic N) is 1. The van der Waals surface area contributed by atoms with Gasteiger partial charge in [0.05, 0.1) is 0 Å². The van der Waals surface area contributed by atoms with Crippen molar-refractivity contribution in [3.63, 3.8) is 0 Å². The molecule has 106 valence electrons. The Labute approximate surface area is 120 Å². The number of aromatic hydroxyl groups is 1. The zero-order chi connectivity index (χ0) is 13.8. The summed E-state index contributed by atoms with van der Waals surface area (Å²) in [5, 5.41) is 14.2. The van der Waals surface area contributed by atoms with Crippen molar-refractivity contribution in [1.82, 2.24) is 10.2 Å². The molecule has 0 aromatic heterocycles. The topological polar surface area (TPSA) is 35.5 Å². The Morgan fingerprint density at radius 3 is 2.79 bits per heavy atom. The summed E-state index contributed by atoms with van der Waals surface area (Å²) < 4.78 is 0. The van der Waals surface area contributed by atoms with Crippen LogP contribution in [0.5, 0.6) is 5.75 Å². The van der Waals surface area contributed by atoms with Crippen LogP contribution >= 0.6 is 11.6 Å². The second-order valence-corrected chi connectivity index (χ2v) is 5.65. The number of phenols is 1. The van der Waals surface area contributed by atoms with E-state index in [0.29, 0.717) is 22.9 Å². The molecule has 3 nitrogen and oxygen atoms in total. The molecule has 1 saturated heterocycles. The molecule has 1 aromatic rings. The number of halogens is 1. The minimum Gasteiger partial charge on any atom is -0.508 e. The molecule has 2 N–H and O–H groups in total. The van der Waals surface area contributed by atoms with Crippen molar-refractivity contribution in [2.24, 2.45) is 0 Å². The smallest absolute Gasteiger partial charge is 0.121 e. The number of phenolic OH excluding ortho intramolecular Hbond substituents is 1. The lowest BCUT2D eigenvalue weighted by molar-refractivity contribution is 0.116. The molecule has 0 amide bonds. The van der Waals surface area contributed by atoms with E-state index in [1.165, 1.54) is 0 Å². The van der Waals surface area contributed by atoms with Crippen LogP contribution in [0.3, 0.4) is 0 Å². The minimum absolute atomic E-state index is 0.300. The standard InChI is InChI=1S/C15H23ClN2O/c1-3-11-9-18(12(4-2)8-17-11)10-13-14(16)6-5-7-15(13)19/h5-7,11-12,17,19H,3-4,8-10H2,1-2H3. The average Bonchev–Trinajstić information content (AvgIpc) is 2.42. The van der Waals surface area contributed by atoms with Gasteiger partial charge in [0, 0.05) is 42.3 Å².